The zero-order valence-electron chi connectivity index (χ0n) is 17.0. The molecule has 0 spiro atoms. The predicted octanol–water partition coefficient (Wildman–Crippen LogP) is 3.64. The molecule has 1 aromatic heterocycles. The Labute approximate surface area is 179 Å². The number of likely N-dealkylation sites (tertiary alicyclic amines) is 1. The number of nitriles is 1. The van der Waals surface area contributed by atoms with Crippen LogP contribution in [0, 0.1) is 21.4 Å². The fourth-order valence-corrected chi connectivity index (χ4v) is 3.92. The molecule has 158 valence electrons. The second-order valence-electron chi connectivity index (χ2n) is 7.56. The van der Waals surface area contributed by atoms with Crippen molar-refractivity contribution < 1.29 is 9.66 Å². The number of benzene rings is 2. The van der Waals surface area contributed by atoms with Crippen LogP contribution in [-0.4, -0.2) is 40.6 Å². The van der Waals surface area contributed by atoms with Crippen LogP contribution in [0.25, 0.3) is 16.6 Å². The van der Waals surface area contributed by atoms with E-state index in [-0.39, 0.29) is 11.3 Å². The highest BCUT2D eigenvalue weighted by molar-refractivity contribution is 5.83. The Bertz CT molecular complexity index is 1210. The van der Waals surface area contributed by atoms with Gasteiger partial charge in [-0.3, -0.25) is 19.5 Å². The number of hydrogen-bond donors (Lipinski definition) is 0. The number of fused-ring (bicyclic) bond motifs is 1. The van der Waals surface area contributed by atoms with E-state index in [9.17, 15) is 20.2 Å². The number of rotatable bonds is 7. The molecule has 1 fully saturated rings. The summed E-state index contributed by atoms with van der Waals surface area (Å²) in [6.45, 7) is 3.88. The normalized spacial score (nSPS) is 13.9. The predicted molar refractivity (Wildman–Crippen MR) is 117 cm³/mol. The lowest BCUT2D eigenvalue weighted by atomic mass is 10.1. The van der Waals surface area contributed by atoms with Gasteiger partial charge in [0, 0.05) is 35.8 Å². The van der Waals surface area contributed by atoms with Gasteiger partial charge in [-0.05, 0) is 62.7 Å². The average Bonchev–Trinajstić information content (AvgIpc) is 3.30. The monoisotopic (exact) mass is 418 g/mol. The smallest absolute Gasteiger partial charge is 0.273 e. The van der Waals surface area contributed by atoms with Crippen molar-refractivity contribution in [1.82, 2.24) is 9.47 Å². The minimum Gasteiger partial charge on any atom is -0.493 e. The maximum atomic E-state index is 12.9. The van der Waals surface area contributed by atoms with Crippen molar-refractivity contribution in [3.63, 3.8) is 0 Å². The van der Waals surface area contributed by atoms with Gasteiger partial charge in [0.2, 0.25) is 0 Å². The molecule has 1 aliphatic rings. The Morgan fingerprint density at radius 2 is 1.84 bits per heavy atom. The average molecular weight is 418 g/mol. The van der Waals surface area contributed by atoms with E-state index in [0.717, 1.165) is 26.1 Å². The van der Waals surface area contributed by atoms with Crippen LogP contribution in [0.1, 0.15) is 24.8 Å². The van der Waals surface area contributed by atoms with Gasteiger partial charge < -0.3 is 9.64 Å². The zero-order chi connectivity index (χ0) is 21.8. The Hall–Kier alpha value is -3.70. The largest absolute Gasteiger partial charge is 0.493 e. The molecule has 0 unspecified atom stereocenters. The molecule has 2 aromatic carbocycles. The van der Waals surface area contributed by atoms with Crippen molar-refractivity contribution in [3.05, 3.63) is 74.6 Å². The molecule has 3 aromatic rings. The minimum absolute atomic E-state index is 0.00475. The lowest BCUT2D eigenvalue weighted by Crippen LogP contribution is -2.22. The van der Waals surface area contributed by atoms with Crippen molar-refractivity contribution in [2.24, 2.45) is 0 Å². The van der Waals surface area contributed by atoms with Crippen LogP contribution in [0.2, 0.25) is 0 Å². The summed E-state index contributed by atoms with van der Waals surface area (Å²) in [7, 11) is 0. The fraction of sp³-hybridized carbons (Fsp3) is 0.304. The van der Waals surface area contributed by atoms with Crippen LogP contribution in [0.15, 0.2) is 53.3 Å². The standard InChI is InChI=1S/C23H22N4O4/c24-16-18-14-17-4-9-21(31-13-3-12-25-10-1-2-11-25)15-22(17)26(23(18)28)19-5-7-20(8-6-19)27(29)30/h4-9,14-15H,1-3,10-13H2. The highest BCUT2D eigenvalue weighted by Crippen LogP contribution is 2.24. The van der Waals surface area contributed by atoms with Crippen molar-refractivity contribution in [2.45, 2.75) is 19.3 Å². The number of pyridine rings is 1. The van der Waals surface area contributed by atoms with Crippen LogP contribution in [0.3, 0.4) is 0 Å². The van der Waals surface area contributed by atoms with Gasteiger partial charge in [0.1, 0.15) is 17.4 Å². The molecule has 8 nitrogen and oxygen atoms in total. The molecular formula is C23H22N4O4. The van der Waals surface area contributed by atoms with E-state index < -0.39 is 10.5 Å². The molecule has 2 heterocycles. The molecule has 31 heavy (non-hydrogen) atoms. The molecule has 0 amide bonds. The van der Waals surface area contributed by atoms with Crippen molar-refractivity contribution >= 4 is 16.6 Å². The molecule has 0 saturated carbocycles. The number of nitro groups is 1. The van der Waals surface area contributed by atoms with E-state index in [1.165, 1.54) is 41.7 Å². The van der Waals surface area contributed by atoms with Gasteiger partial charge in [-0.2, -0.15) is 5.26 Å². The fourth-order valence-electron chi connectivity index (χ4n) is 3.92. The minimum atomic E-state index is -0.496. The Kier molecular flexibility index (Phi) is 5.96. The third-order valence-electron chi connectivity index (χ3n) is 5.50. The summed E-state index contributed by atoms with van der Waals surface area (Å²) >= 11 is 0. The molecular weight excluding hydrogens is 396 g/mol. The molecule has 1 aliphatic heterocycles. The first kappa shape index (κ1) is 20.6. The van der Waals surface area contributed by atoms with E-state index in [1.54, 1.807) is 12.1 Å². The Balaban J connectivity index is 1.65. The zero-order valence-corrected chi connectivity index (χ0v) is 17.0. The second kappa shape index (κ2) is 8.98. The molecule has 0 N–H and O–H groups in total. The summed E-state index contributed by atoms with van der Waals surface area (Å²) in [4.78, 5) is 25.8. The number of aromatic nitrogens is 1. The molecule has 1 saturated heterocycles. The molecule has 0 radical (unpaired) electrons. The Morgan fingerprint density at radius 3 is 2.52 bits per heavy atom. The van der Waals surface area contributed by atoms with E-state index in [4.69, 9.17) is 4.74 Å². The van der Waals surface area contributed by atoms with Gasteiger partial charge in [-0.1, -0.05) is 0 Å². The molecule has 4 rings (SSSR count). The number of nitro benzene ring substituents is 1. The number of non-ortho nitro benzene ring substituents is 1. The third-order valence-corrected chi connectivity index (χ3v) is 5.50. The number of hydrogen-bond acceptors (Lipinski definition) is 6. The first-order chi connectivity index (χ1) is 15.1. The van der Waals surface area contributed by atoms with Crippen LogP contribution in [0.4, 0.5) is 5.69 Å². The molecule has 0 atom stereocenters. The number of ether oxygens (including phenoxy) is 1. The summed E-state index contributed by atoms with van der Waals surface area (Å²) in [5.41, 5.74) is 0.485. The highest BCUT2D eigenvalue weighted by atomic mass is 16.6. The second-order valence-corrected chi connectivity index (χ2v) is 7.56. The Morgan fingerprint density at radius 1 is 1.10 bits per heavy atom. The first-order valence-electron chi connectivity index (χ1n) is 10.3. The van der Waals surface area contributed by atoms with Gasteiger partial charge in [0.15, 0.2) is 0 Å². The van der Waals surface area contributed by atoms with Gasteiger partial charge in [-0.15, -0.1) is 0 Å². The van der Waals surface area contributed by atoms with Crippen LogP contribution in [0.5, 0.6) is 5.75 Å². The molecule has 0 aliphatic carbocycles. The van der Waals surface area contributed by atoms with Gasteiger partial charge >= 0.3 is 0 Å². The lowest BCUT2D eigenvalue weighted by Gasteiger charge is -2.15. The van der Waals surface area contributed by atoms with Crippen molar-refractivity contribution in [3.8, 4) is 17.5 Å². The van der Waals surface area contributed by atoms with E-state index in [2.05, 4.69) is 4.90 Å². The quantitative estimate of drug-likeness (QED) is 0.330. The first-order valence-corrected chi connectivity index (χ1v) is 10.3. The molecule has 8 heteroatoms. The number of nitrogens with zero attached hydrogens (tertiary/aromatic N) is 4. The maximum Gasteiger partial charge on any atom is 0.273 e. The van der Waals surface area contributed by atoms with Gasteiger partial charge in [-0.25, -0.2) is 0 Å². The van der Waals surface area contributed by atoms with E-state index in [1.807, 2.05) is 18.2 Å². The van der Waals surface area contributed by atoms with Gasteiger partial charge in [0.25, 0.3) is 11.2 Å². The summed E-state index contributed by atoms with van der Waals surface area (Å²) in [5, 5.41) is 21.0. The summed E-state index contributed by atoms with van der Waals surface area (Å²) < 4.78 is 7.31. The maximum absolute atomic E-state index is 12.9. The van der Waals surface area contributed by atoms with E-state index >= 15 is 0 Å². The van der Waals surface area contributed by atoms with E-state index in [0.29, 0.717) is 28.9 Å². The summed E-state index contributed by atoms with van der Waals surface area (Å²) in [6, 6.07) is 14.6. The SMILES string of the molecule is N#Cc1cc2ccc(OCCCN3CCCC3)cc2n(-c2ccc([N+](=O)[O-])cc2)c1=O. The summed E-state index contributed by atoms with van der Waals surface area (Å²) in [6.07, 6.45) is 3.44. The third kappa shape index (κ3) is 4.42. The van der Waals surface area contributed by atoms with Crippen molar-refractivity contribution in [2.75, 3.05) is 26.2 Å². The van der Waals surface area contributed by atoms with Crippen LogP contribution in [-0.2, 0) is 0 Å². The van der Waals surface area contributed by atoms with Crippen LogP contribution < -0.4 is 10.3 Å². The summed E-state index contributed by atoms with van der Waals surface area (Å²) in [5.74, 6) is 0.633. The molecule has 0 bridgehead atoms. The lowest BCUT2D eigenvalue weighted by molar-refractivity contribution is -0.384. The van der Waals surface area contributed by atoms with Gasteiger partial charge in [0.05, 0.1) is 17.0 Å². The van der Waals surface area contributed by atoms with Crippen LogP contribution >= 0.6 is 0 Å². The highest BCUT2D eigenvalue weighted by Gasteiger charge is 2.14. The van der Waals surface area contributed by atoms with Crippen molar-refractivity contribution in [1.29, 1.82) is 5.26 Å². The topological polar surface area (TPSA) is 101 Å².